The molecule has 2 rings (SSSR count). The van der Waals surface area contributed by atoms with Gasteiger partial charge < -0.3 is 5.32 Å². The Morgan fingerprint density at radius 2 is 1.67 bits per heavy atom. The van der Waals surface area contributed by atoms with Gasteiger partial charge in [0, 0.05) is 5.69 Å². The highest BCUT2D eigenvalue weighted by molar-refractivity contribution is 7.89. The molecule has 0 aliphatic carbocycles. The fraction of sp³-hybridized carbons (Fsp3) is 0.235. The Morgan fingerprint density at radius 1 is 1.04 bits per heavy atom. The topological polar surface area (TPSA) is 75.3 Å². The zero-order valence-electron chi connectivity index (χ0n) is 13.7. The van der Waals surface area contributed by atoms with Crippen molar-refractivity contribution in [2.45, 2.75) is 25.7 Å². The summed E-state index contributed by atoms with van der Waals surface area (Å²) in [4.78, 5) is 12.0. The van der Waals surface area contributed by atoms with Gasteiger partial charge in [0.2, 0.25) is 15.9 Å². The number of rotatable bonds is 5. The van der Waals surface area contributed by atoms with Crippen molar-refractivity contribution in [3.63, 3.8) is 0 Å². The first-order valence-corrected chi connectivity index (χ1v) is 8.81. The molecule has 0 radical (unpaired) electrons. The largest absolute Gasteiger partial charge is 0.324 e. The van der Waals surface area contributed by atoms with Gasteiger partial charge in [0.15, 0.2) is 0 Å². The molecule has 1 amide bonds. The maximum Gasteiger partial charge on any atom is 0.241 e. The molecule has 128 valence electrons. The Labute approximate surface area is 141 Å². The number of hydrogen-bond donors (Lipinski definition) is 2. The molecule has 0 atom stereocenters. The minimum Gasteiger partial charge on any atom is -0.324 e. The predicted octanol–water partition coefficient (Wildman–Crippen LogP) is 2.67. The summed E-state index contributed by atoms with van der Waals surface area (Å²) in [6.07, 6.45) is 0. The van der Waals surface area contributed by atoms with E-state index < -0.39 is 28.3 Å². The molecule has 0 unspecified atom stereocenters. The van der Waals surface area contributed by atoms with Crippen LogP contribution in [-0.4, -0.2) is 20.9 Å². The summed E-state index contributed by atoms with van der Waals surface area (Å²) in [6, 6.07) is 8.96. The molecular weight excluding hydrogens is 331 g/mol. The number of anilines is 1. The highest BCUT2D eigenvalue weighted by Crippen LogP contribution is 2.19. The number of para-hydroxylation sites is 1. The fourth-order valence-electron chi connectivity index (χ4n) is 2.35. The molecular formula is C17H19FN2O3S. The van der Waals surface area contributed by atoms with Crippen molar-refractivity contribution < 1.29 is 17.6 Å². The van der Waals surface area contributed by atoms with Gasteiger partial charge in [0.1, 0.15) is 5.82 Å². The second-order valence-corrected chi connectivity index (χ2v) is 7.28. The van der Waals surface area contributed by atoms with Gasteiger partial charge in [0.05, 0.1) is 11.4 Å². The maximum absolute atomic E-state index is 13.1. The predicted molar refractivity (Wildman–Crippen MR) is 90.9 cm³/mol. The van der Waals surface area contributed by atoms with Crippen LogP contribution < -0.4 is 10.0 Å². The van der Waals surface area contributed by atoms with E-state index in [-0.39, 0.29) is 10.5 Å². The molecule has 0 aromatic heterocycles. The number of aryl methyl sites for hydroxylation is 3. The van der Waals surface area contributed by atoms with Crippen LogP contribution in [0.3, 0.4) is 0 Å². The van der Waals surface area contributed by atoms with Crippen molar-refractivity contribution in [2.75, 3.05) is 11.9 Å². The third kappa shape index (κ3) is 4.18. The summed E-state index contributed by atoms with van der Waals surface area (Å²) in [5.74, 6) is -0.991. The van der Waals surface area contributed by atoms with Crippen molar-refractivity contribution in [1.29, 1.82) is 0 Å². The quantitative estimate of drug-likeness (QED) is 0.870. The van der Waals surface area contributed by atoms with E-state index in [1.165, 1.54) is 13.0 Å². The first-order chi connectivity index (χ1) is 11.2. The lowest BCUT2D eigenvalue weighted by atomic mass is 10.1. The zero-order valence-corrected chi connectivity index (χ0v) is 14.5. The van der Waals surface area contributed by atoms with Crippen LogP contribution in [0.25, 0.3) is 0 Å². The monoisotopic (exact) mass is 350 g/mol. The fourth-order valence-corrected chi connectivity index (χ4v) is 3.55. The highest BCUT2D eigenvalue weighted by atomic mass is 32.2. The number of amides is 1. The van der Waals surface area contributed by atoms with Crippen LogP contribution >= 0.6 is 0 Å². The highest BCUT2D eigenvalue weighted by Gasteiger charge is 2.18. The molecule has 0 spiro atoms. The lowest BCUT2D eigenvalue weighted by molar-refractivity contribution is -0.115. The number of hydrogen-bond acceptors (Lipinski definition) is 3. The van der Waals surface area contributed by atoms with Crippen LogP contribution in [0.1, 0.15) is 16.7 Å². The van der Waals surface area contributed by atoms with E-state index in [0.717, 1.165) is 23.3 Å². The number of halogens is 1. The SMILES string of the molecule is Cc1cc(F)ccc1S(=O)(=O)NCC(=O)Nc1c(C)cccc1C. The summed E-state index contributed by atoms with van der Waals surface area (Å²) in [7, 11) is -3.89. The molecule has 0 aliphatic rings. The van der Waals surface area contributed by atoms with Gasteiger partial charge in [-0.2, -0.15) is 0 Å². The van der Waals surface area contributed by atoms with Crippen molar-refractivity contribution >= 4 is 21.6 Å². The Hall–Kier alpha value is -2.25. The van der Waals surface area contributed by atoms with Crippen molar-refractivity contribution in [3.05, 3.63) is 58.9 Å². The van der Waals surface area contributed by atoms with Crippen LogP contribution in [0.15, 0.2) is 41.3 Å². The Kier molecular flexibility index (Phi) is 5.36. The number of benzene rings is 2. The molecule has 0 saturated carbocycles. The summed E-state index contributed by atoms with van der Waals surface area (Å²) >= 11 is 0. The third-order valence-corrected chi connectivity index (χ3v) is 5.16. The van der Waals surface area contributed by atoms with Gasteiger partial charge >= 0.3 is 0 Å². The van der Waals surface area contributed by atoms with Crippen molar-refractivity contribution in [2.24, 2.45) is 0 Å². The first kappa shape index (κ1) is 18.1. The second-order valence-electron chi connectivity index (χ2n) is 5.55. The molecule has 24 heavy (non-hydrogen) atoms. The Balaban J connectivity index is 2.08. The molecule has 0 saturated heterocycles. The standard InChI is InChI=1S/C17H19FN2O3S/c1-11-5-4-6-12(2)17(11)20-16(21)10-19-24(22,23)15-8-7-14(18)9-13(15)3/h4-9,19H,10H2,1-3H3,(H,20,21). The van der Waals surface area contributed by atoms with Gasteiger partial charge in [-0.3, -0.25) is 4.79 Å². The van der Waals surface area contributed by atoms with E-state index >= 15 is 0 Å². The van der Waals surface area contributed by atoms with E-state index in [9.17, 15) is 17.6 Å². The molecule has 2 N–H and O–H groups in total. The van der Waals surface area contributed by atoms with Crippen LogP contribution in [-0.2, 0) is 14.8 Å². The minimum atomic E-state index is -3.89. The maximum atomic E-state index is 13.1. The van der Waals surface area contributed by atoms with Gasteiger partial charge in [-0.25, -0.2) is 17.5 Å². The second kappa shape index (κ2) is 7.11. The summed E-state index contributed by atoms with van der Waals surface area (Å²) in [5.41, 5.74) is 2.72. The van der Waals surface area contributed by atoms with Crippen LogP contribution in [0.2, 0.25) is 0 Å². The third-order valence-electron chi connectivity index (χ3n) is 3.59. The number of sulfonamides is 1. The minimum absolute atomic E-state index is 0.0521. The smallest absolute Gasteiger partial charge is 0.241 e. The van der Waals surface area contributed by atoms with Crippen molar-refractivity contribution in [1.82, 2.24) is 4.72 Å². The molecule has 2 aromatic carbocycles. The Bertz CT molecular complexity index is 859. The van der Waals surface area contributed by atoms with E-state index in [4.69, 9.17) is 0 Å². The van der Waals surface area contributed by atoms with Gasteiger partial charge in [-0.05, 0) is 55.7 Å². The van der Waals surface area contributed by atoms with Gasteiger partial charge in [0.25, 0.3) is 0 Å². The molecule has 0 heterocycles. The van der Waals surface area contributed by atoms with Gasteiger partial charge in [-0.15, -0.1) is 0 Å². The molecule has 5 nitrogen and oxygen atoms in total. The van der Waals surface area contributed by atoms with Crippen LogP contribution in [0, 0.1) is 26.6 Å². The van der Waals surface area contributed by atoms with Crippen LogP contribution in [0.4, 0.5) is 10.1 Å². The number of carbonyl (C=O) groups excluding carboxylic acids is 1. The normalized spacial score (nSPS) is 11.3. The lowest BCUT2D eigenvalue weighted by Gasteiger charge is -2.12. The van der Waals surface area contributed by atoms with Gasteiger partial charge in [-0.1, -0.05) is 18.2 Å². The summed E-state index contributed by atoms with van der Waals surface area (Å²) in [5, 5.41) is 2.70. The molecule has 0 bridgehead atoms. The first-order valence-electron chi connectivity index (χ1n) is 7.32. The van der Waals surface area contributed by atoms with Crippen LogP contribution in [0.5, 0.6) is 0 Å². The van der Waals surface area contributed by atoms with E-state index in [1.807, 2.05) is 32.0 Å². The summed E-state index contributed by atoms with van der Waals surface area (Å²) < 4.78 is 39.8. The van der Waals surface area contributed by atoms with E-state index in [0.29, 0.717) is 5.69 Å². The summed E-state index contributed by atoms with van der Waals surface area (Å²) in [6.45, 7) is 4.80. The zero-order chi connectivity index (χ0) is 17.9. The molecule has 2 aromatic rings. The average Bonchev–Trinajstić information content (AvgIpc) is 2.49. The van der Waals surface area contributed by atoms with E-state index in [2.05, 4.69) is 10.0 Å². The molecule has 7 heteroatoms. The number of carbonyl (C=O) groups is 1. The lowest BCUT2D eigenvalue weighted by Crippen LogP contribution is -2.33. The average molecular weight is 350 g/mol. The molecule has 0 fully saturated rings. The molecule has 0 aliphatic heterocycles. The Morgan fingerprint density at radius 3 is 2.25 bits per heavy atom. The van der Waals surface area contributed by atoms with E-state index in [1.54, 1.807) is 0 Å². The number of nitrogens with one attached hydrogen (secondary N) is 2. The van der Waals surface area contributed by atoms with Crippen molar-refractivity contribution in [3.8, 4) is 0 Å².